The predicted octanol–water partition coefficient (Wildman–Crippen LogP) is 3.32. The zero-order chi connectivity index (χ0) is 25.2. The third-order valence-electron chi connectivity index (χ3n) is 5.36. The summed E-state index contributed by atoms with van der Waals surface area (Å²) in [4.78, 5) is 0. The van der Waals surface area contributed by atoms with E-state index >= 15 is 0 Å². The number of nitrogens with zero attached hydrogens (tertiary/aromatic N) is 5. The number of aryl methyl sites for hydroxylation is 2. The molecular weight excluding hydrogens is 472 g/mol. The predicted molar refractivity (Wildman–Crippen MR) is 129 cm³/mol. The van der Waals surface area contributed by atoms with Crippen molar-refractivity contribution in [3.8, 4) is 28.8 Å². The monoisotopic (exact) mass is 498 g/mol. The van der Waals surface area contributed by atoms with Gasteiger partial charge in [-0.25, -0.2) is 8.42 Å². The van der Waals surface area contributed by atoms with Crippen LogP contribution in [0.15, 0.2) is 46.9 Å². The van der Waals surface area contributed by atoms with E-state index in [0.717, 1.165) is 5.69 Å². The summed E-state index contributed by atoms with van der Waals surface area (Å²) in [5.41, 5.74) is 1.73. The van der Waals surface area contributed by atoms with Crippen LogP contribution in [-0.2, 0) is 16.4 Å². The van der Waals surface area contributed by atoms with Gasteiger partial charge in [0.25, 0.3) is 0 Å². The molecule has 1 atom stereocenters. The van der Waals surface area contributed by atoms with Crippen molar-refractivity contribution in [1.82, 2.24) is 25.0 Å². The summed E-state index contributed by atoms with van der Waals surface area (Å²) in [6.45, 7) is 5.20. The van der Waals surface area contributed by atoms with Gasteiger partial charge in [0.05, 0.1) is 30.9 Å². The van der Waals surface area contributed by atoms with Gasteiger partial charge in [0.1, 0.15) is 22.9 Å². The van der Waals surface area contributed by atoms with Crippen molar-refractivity contribution in [3.63, 3.8) is 0 Å². The summed E-state index contributed by atoms with van der Waals surface area (Å²) in [6.07, 6.45) is 0.166. The molecule has 35 heavy (non-hydrogen) atoms. The normalized spacial score (nSPS) is 12.4. The van der Waals surface area contributed by atoms with E-state index in [1.807, 2.05) is 6.92 Å². The van der Waals surface area contributed by atoms with E-state index in [2.05, 4.69) is 25.1 Å². The Balaban J connectivity index is 1.79. The molecule has 4 rings (SSSR count). The number of benzene rings is 1. The van der Waals surface area contributed by atoms with Crippen molar-refractivity contribution in [1.29, 1.82) is 0 Å². The summed E-state index contributed by atoms with van der Waals surface area (Å²) in [6, 6.07) is 12.3. The average molecular weight is 499 g/mol. The summed E-state index contributed by atoms with van der Waals surface area (Å²) in [5.74, 6) is 2.15. The van der Waals surface area contributed by atoms with Crippen LogP contribution in [0.1, 0.15) is 24.1 Å². The minimum atomic E-state index is -3.91. The highest BCUT2D eigenvalue weighted by atomic mass is 32.2. The van der Waals surface area contributed by atoms with Crippen molar-refractivity contribution >= 4 is 16.0 Å². The van der Waals surface area contributed by atoms with Gasteiger partial charge in [-0.15, -0.1) is 10.2 Å². The van der Waals surface area contributed by atoms with Gasteiger partial charge in [-0.3, -0.25) is 9.29 Å². The molecule has 0 aliphatic carbocycles. The van der Waals surface area contributed by atoms with Crippen LogP contribution in [-0.4, -0.2) is 52.8 Å². The van der Waals surface area contributed by atoms with Crippen LogP contribution in [0, 0.1) is 13.8 Å². The molecule has 0 saturated carbocycles. The van der Waals surface area contributed by atoms with E-state index in [-0.39, 0.29) is 18.2 Å². The molecule has 12 heteroatoms. The lowest BCUT2D eigenvalue weighted by Crippen LogP contribution is -2.29. The molecule has 0 aliphatic rings. The van der Waals surface area contributed by atoms with E-state index < -0.39 is 15.3 Å². The Morgan fingerprint density at radius 3 is 2.26 bits per heavy atom. The van der Waals surface area contributed by atoms with Gasteiger partial charge in [0.15, 0.2) is 5.76 Å². The van der Waals surface area contributed by atoms with Crippen molar-refractivity contribution < 1.29 is 22.3 Å². The van der Waals surface area contributed by atoms with E-state index in [0.29, 0.717) is 34.4 Å². The average Bonchev–Trinajstić information content (AvgIpc) is 3.45. The Morgan fingerprint density at radius 2 is 1.69 bits per heavy atom. The topological polar surface area (TPSA) is 134 Å². The fraction of sp³-hybridized carbons (Fsp3) is 0.304. The van der Waals surface area contributed by atoms with Crippen molar-refractivity contribution in [2.45, 2.75) is 32.4 Å². The zero-order valence-corrected chi connectivity index (χ0v) is 20.8. The first-order valence-electron chi connectivity index (χ1n) is 10.8. The second-order valence-corrected chi connectivity index (χ2v) is 10.0. The van der Waals surface area contributed by atoms with Gasteiger partial charge in [0.2, 0.25) is 21.8 Å². The number of hydrogen-bond donors (Lipinski definition) is 1. The molecule has 0 aliphatic heterocycles. The lowest BCUT2D eigenvalue weighted by molar-refractivity contribution is 0.391. The van der Waals surface area contributed by atoms with Gasteiger partial charge in [-0.1, -0.05) is 6.07 Å². The van der Waals surface area contributed by atoms with Crippen LogP contribution in [0.2, 0.25) is 0 Å². The van der Waals surface area contributed by atoms with Crippen LogP contribution >= 0.6 is 0 Å². The fourth-order valence-corrected chi connectivity index (χ4v) is 4.47. The minimum Gasteiger partial charge on any atom is -0.494 e. The highest BCUT2D eigenvalue weighted by molar-refractivity contribution is 7.93. The van der Waals surface area contributed by atoms with E-state index in [9.17, 15) is 8.42 Å². The van der Waals surface area contributed by atoms with Crippen molar-refractivity contribution in [2.75, 3.05) is 18.9 Å². The van der Waals surface area contributed by atoms with Gasteiger partial charge in [-0.2, -0.15) is 10.2 Å². The number of aromatic nitrogens is 5. The van der Waals surface area contributed by atoms with Crippen LogP contribution in [0.5, 0.6) is 11.5 Å². The van der Waals surface area contributed by atoms with Crippen molar-refractivity contribution in [3.05, 3.63) is 59.6 Å². The first-order chi connectivity index (χ1) is 16.7. The van der Waals surface area contributed by atoms with E-state index in [1.54, 1.807) is 56.3 Å². The molecule has 0 radical (unpaired) electrons. The maximum Gasteiger partial charge on any atom is 0.243 e. The molecule has 4 aromatic rings. The van der Waals surface area contributed by atoms with Crippen LogP contribution < -0.4 is 14.2 Å². The Labute approximate surface area is 203 Å². The lowest BCUT2D eigenvalue weighted by Gasteiger charge is -2.18. The largest absolute Gasteiger partial charge is 0.494 e. The number of nitrogens with one attached hydrogen (secondary N) is 1. The Morgan fingerprint density at radius 1 is 0.971 bits per heavy atom. The zero-order valence-electron chi connectivity index (χ0n) is 20.0. The molecular formula is C23H26N6O5S. The molecule has 0 saturated heterocycles. The molecule has 184 valence electrons. The second kappa shape index (κ2) is 9.74. The van der Waals surface area contributed by atoms with Gasteiger partial charge in [-0.05, 0) is 57.2 Å². The van der Waals surface area contributed by atoms with Crippen LogP contribution in [0.4, 0.5) is 5.95 Å². The van der Waals surface area contributed by atoms with Crippen LogP contribution in [0.3, 0.4) is 0 Å². The van der Waals surface area contributed by atoms with E-state index in [1.165, 1.54) is 18.8 Å². The minimum absolute atomic E-state index is 0.0429. The van der Waals surface area contributed by atoms with Gasteiger partial charge < -0.3 is 13.9 Å². The SMILES string of the molecule is COc1cccc(OC)c1-n1c(NS(=O)(=O)C(C)Cc2ccc(C)nn2)nnc1-c1ccc(C)o1. The van der Waals surface area contributed by atoms with Gasteiger partial charge in [0, 0.05) is 6.42 Å². The molecule has 11 nitrogen and oxygen atoms in total. The standard InChI is InChI=1S/C23H26N6O5S/c1-14-9-11-17(25-24-14)13-16(3)35(30,31)28-23-27-26-22(20-12-10-15(2)34-20)29(23)21-18(32-4)7-6-8-19(21)33-5/h6-12,16H,13H2,1-5H3,(H,27,28). The molecule has 1 aromatic carbocycles. The summed E-state index contributed by atoms with van der Waals surface area (Å²) < 4.78 is 47.5. The molecule has 0 fully saturated rings. The fourth-order valence-electron chi connectivity index (χ4n) is 3.50. The van der Waals surface area contributed by atoms with Gasteiger partial charge >= 0.3 is 0 Å². The van der Waals surface area contributed by atoms with Crippen molar-refractivity contribution in [2.24, 2.45) is 0 Å². The molecule has 0 amide bonds. The number of para-hydroxylation sites is 1. The molecule has 1 N–H and O–H groups in total. The first-order valence-corrected chi connectivity index (χ1v) is 12.3. The maximum atomic E-state index is 13.3. The lowest BCUT2D eigenvalue weighted by atomic mass is 10.2. The molecule has 3 aromatic heterocycles. The van der Waals surface area contributed by atoms with Crippen LogP contribution in [0.25, 0.3) is 17.3 Å². The Hall–Kier alpha value is -3.93. The molecule has 0 spiro atoms. The third-order valence-corrected chi connectivity index (χ3v) is 7.06. The number of rotatable bonds is 9. The molecule has 3 heterocycles. The number of sulfonamides is 1. The smallest absolute Gasteiger partial charge is 0.243 e. The highest BCUT2D eigenvalue weighted by Gasteiger charge is 2.29. The number of furan rings is 1. The quantitative estimate of drug-likeness (QED) is 0.369. The summed E-state index contributed by atoms with van der Waals surface area (Å²) in [7, 11) is -0.893. The number of anilines is 1. The Bertz CT molecular complexity index is 1410. The molecule has 0 bridgehead atoms. The number of hydrogen-bond acceptors (Lipinski definition) is 9. The summed E-state index contributed by atoms with van der Waals surface area (Å²) >= 11 is 0. The first kappa shape index (κ1) is 24.2. The van der Waals surface area contributed by atoms with E-state index in [4.69, 9.17) is 13.9 Å². The number of ether oxygens (including phenoxy) is 2. The maximum absolute atomic E-state index is 13.3. The second-order valence-electron chi connectivity index (χ2n) is 7.93. The molecule has 1 unspecified atom stereocenters. The third kappa shape index (κ3) is 4.97. The Kier molecular flexibility index (Phi) is 6.74. The summed E-state index contributed by atoms with van der Waals surface area (Å²) in [5, 5.41) is 15.6. The number of methoxy groups -OCH3 is 2. The highest BCUT2D eigenvalue weighted by Crippen LogP contribution is 2.38.